The predicted molar refractivity (Wildman–Crippen MR) is 77.7 cm³/mol. The Labute approximate surface area is 113 Å². The monoisotopic (exact) mass is 253 g/mol. The van der Waals surface area contributed by atoms with Gasteiger partial charge in [0.05, 0.1) is 0 Å². The molecule has 1 saturated carbocycles. The molecule has 0 heterocycles. The molecule has 0 saturated heterocycles. The Balaban J connectivity index is 2.48. The van der Waals surface area contributed by atoms with Gasteiger partial charge in [0.2, 0.25) is 0 Å². The van der Waals surface area contributed by atoms with E-state index in [4.69, 9.17) is 0 Å². The number of hydrogen-bond donors (Lipinski definition) is 0. The number of carbonyl (C=O) groups is 1. The van der Waals surface area contributed by atoms with E-state index in [0.717, 1.165) is 44.2 Å². The summed E-state index contributed by atoms with van der Waals surface area (Å²) in [6.45, 7) is 12.3. The lowest BCUT2D eigenvalue weighted by Gasteiger charge is -2.32. The molecule has 1 aliphatic rings. The minimum atomic E-state index is 0.308. The summed E-state index contributed by atoms with van der Waals surface area (Å²) in [5.41, 5.74) is 0. The second-order valence-corrected chi connectivity index (χ2v) is 6.08. The molecule has 0 N–H and O–H groups in total. The fourth-order valence-corrected chi connectivity index (χ4v) is 3.06. The van der Waals surface area contributed by atoms with E-state index in [1.165, 1.54) is 19.4 Å². The molecule has 0 aromatic carbocycles. The van der Waals surface area contributed by atoms with Gasteiger partial charge in [-0.2, -0.15) is 0 Å². The highest BCUT2D eigenvalue weighted by Crippen LogP contribution is 2.27. The maximum absolute atomic E-state index is 12.0. The van der Waals surface area contributed by atoms with Crippen LogP contribution in [-0.2, 0) is 4.79 Å². The zero-order valence-corrected chi connectivity index (χ0v) is 12.7. The van der Waals surface area contributed by atoms with Crippen LogP contribution in [0.25, 0.3) is 0 Å². The third-order valence-electron chi connectivity index (χ3n) is 4.62. The number of nitrogens with zero attached hydrogens (tertiary/aromatic N) is 1. The van der Waals surface area contributed by atoms with Crippen molar-refractivity contribution >= 4 is 5.78 Å². The summed E-state index contributed by atoms with van der Waals surface area (Å²) in [5, 5.41) is 0. The molecule has 0 spiro atoms. The van der Waals surface area contributed by atoms with Crippen LogP contribution >= 0.6 is 0 Å². The van der Waals surface area contributed by atoms with Gasteiger partial charge >= 0.3 is 0 Å². The van der Waals surface area contributed by atoms with E-state index >= 15 is 0 Å². The van der Waals surface area contributed by atoms with Gasteiger partial charge in [0.15, 0.2) is 0 Å². The van der Waals surface area contributed by atoms with Crippen molar-refractivity contribution in [2.45, 2.75) is 59.8 Å². The number of hydrogen-bond acceptors (Lipinski definition) is 2. The second kappa shape index (κ2) is 7.93. The van der Waals surface area contributed by atoms with Crippen LogP contribution in [0.5, 0.6) is 0 Å². The van der Waals surface area contributed by atoms with E-state index in [1.54, 1.807) is 0 Å². The Morgan fingerprint density at radius 1 is 1.28 bits per heavy atom. The molecule has 1 aliphatic carbocycles. The normalized spacial score (nSPS) is 25.1. The van der Waals surface area contributed by atoms with Crippen LogP contribution in [0.3, 0.4) is 0 Å². The average molecular weight is 253 g/mol. The van der Waals surface area contributed by atoms with Gasteiger partial charge in [-0.1, -0.05) is 40.5 Å². The summed E-state index contributed by atoms with van der Waals surface area (Å²) in [6.07, 6.45) is 5.53. The smallest absolute Gasteiger partial charge is 0.137 e. The number of rotatable bonds is 7. The van der Waals surface area contributed by atoms with Crippen LogP contribution in [0.4, 0.5) is 0 Å². The Kier molecular flexibility index (Phi) is 6.91. The number of ketones is 1. The van der Waals surface area contributed by atoms with Crippen LogP contribution in [0.1, 0.15) is 59.8 Å². The van der Waals surface area contributed by atoms with Crippen LogP contribution in [0.15, 0.2) is 0 Å². The van der Waals surface area contributed by atoms with Gasteiger partial charge in [-0.25, -0.2) is 0 Å². The van der Waals surface area contributed by atoms with E-state index < -0.39 is 0 Å². The molecule has 0 radical (unpaired) electrons. The molecule has 0 aromatic rings. The third-order valence-corrected chi connectivity index (χ3v) is 4.62. The molecule has 1 fully saturated rings. The van der Waals surface area contributed by atoms with Crippen LogP contribution < -0.4 is 0 Å². The van der Waals surface area contributed by atoms with Gasteiger partial charge in [-0.3, -0.25) is 4.79 Å². The summed E-state index contributed by atoms with van der Waals surface area (Å²) >= 11 is 0. The molecule has 2 atom stereocenters. The standard InChI is InChI=1S/C16H31NO/c1-5-14(6-2)11-17(7-3)12-15-10-13(4)8-9-16(15)18/h13-15H,5-12H2,1-4H3. The first-order valence-corrected chi connectivity index (χ1v) is 7.85. The van der Waals surface area contributed by atoms with Crippen molar-refractivity contribution in [3.8, 4) is 0 Å². The van der Waals surface area contributed by atoms with Crippen molar-refractivity contribution in [1.29, 1.82) is 0 Å². The zero-order valence-electron chi connectivity index (χ0n) is 12.7. The van der Waals surface area contributed by atoms with Crippen molar-refractivity contribution in [2.75, 3.05) is 19.6 Å². The molecule has 0 amide bonds. The van der Waals surface area contributed by atoms with E-state index in [2.05, 4.69) is 32.6 Å². The molecule has 0 aliphatic heterocycles. The van der Waals surface area contributed by atoms with E-state index in [9.17, 15) is 4.79 Å². The molecule has 2 unspecified atom stereocenters. The van der Waals surface area contributed by atoms with Crippen LogP contribution in [0, 0.1) is 17.8 Å². The fraction of sp³-hybridized carbons (Fsp3) is 0.938. The SMILES string of the molecule is CCC(CC)CN(CC)CC1CC(C)CCC1=O. The number of carbonyl (C=O) groups excluding carboxylic acids is 1. The van der Waals surface area contributed by atoms with E-state index in [-0.39, 0.29) is 0 Å². The maximum Gasteiger partial charge on any atom is 0.137 e. The topological polar surface area (TPSA) is 20.3 Å². The highest BCUT2D eigenvalue weighted by molar-refractivity contribution is 5.81. The molecular weight excluding hydrogens is 222 g/mol. The van der Waals surface area contributed by atoms with Crippen molar-refractivity contribution in [2.24, 2.45) is 17.8 Å². The molecule has 18 heavy (non-hydrogen) atoms. The number of Topliss-reactive ketones (excluding diaryl/α,β-unsaturated/α-hetero) is 1. The lowest BCUT2D eigenvalue weighted by molar-refractivity contribution is -0.126. The summed E-state index contributed by atoms with van der Waals surface area (Å²) < 4.78 is 0. The lowest BCUT2D eigenvalue weighted by Crippen LogP contribution is -2.38. The first-order valence-electron chi connectivity index (χ1n) is 7.85. The van der Waals surface area contributed by atoms with Gasteiger partial charge in [0.25, 0.3) is 0 Å². The first kappa shape index (κ1) is 15.7. The Bertz CT molecular complexity index is 247. The van der Waals surface area contributed by atoms with E-state index in [1.807, 2.05) is 0 Å². The van der Waals surface area contributed by atoms with Crippen molar-refractivity contribution in [1.82, 2.24) is 4.90 Å². The summed E-state index contributed by atoms with van der Waals surface area (Å²) in [4.78, 5) is 14.5. The first-order chi connectivity index (χ1) is 8.60. The van der Waals surface area contributed by atoms with Gasteiger partial charge in [0, 0.05) is 25.4 Å². The molecule has 1 rings (SSSR count). The zero-order chi connectivity index (χ0) is 13.5. The van der Waals surface area contributed by atoms with Gasteiger partial charge < -0.3 is 4.90 Å². The van der Waals surface area contributed by atoms with Gasteiger partial charge in [-0.05, 0) is 31.2 Å². The summed E-state index contributed by atoms with van der Waals surface area (Å²) in [6, 6.07) is 0. The largest absolute Gasteiger partial charge is 0.303 e. The molecule has 0 aromatic heterocycles. The highest BCUT2D eigenvalue weighted by Gasteiger charge is 2.28. The minimum absolute atomic E-state index is 0.308. The third kappa shape index (κ3) is 4.72. The maximum atomic E-state index is 12.0. The lowest BCUT2D eigenvalue weighted by atomic mass is 9.81. The van der Waals surface area contributed by atoms with Crippen molar-refractivity contribution in [3.63, 3.8) is 0 Å². The molecule has 0 bridgehead atoms. The average Bonchev–Trinajstić information content (AvgIpc) is 2.38. The Morgan fingerprint density at radius 3 is 2.50 bits per heavy atom. The molecule has 2 nitrogen and oxygen atoms in total. The summed E-state index contributed by atoms with van der Waals surface area (Å²) in [7, 11) is 0. The quantitative estimate of drug-likeness (QED) is 0.688. The minimum Gasteiger partial charge on any atom is -0.303 e. The van der Waals surface area contributed by atoms with Crippen LogP contribution in [0.2, 0.25) is 0 Å². The van der Waals surface area contributed by atoms with Gasteiger partial charge in [0.1, 0.15) is 5.78 Å². The Morgan fingerprint density at radius 2 is 1.94 bits per heavy atom. The fourth-order valence-electron chi connectivity index (χ4n) is 3.06. The van der Waals surface area contributed by atoms with E-state index in [0.29, 0.717) is 11.7 Å². The second-order valence-electron chi connectivity index (χ2n) is 6.08. The molecular formula is C16H31NO. The highest BCUT2D eigenvalue weighted by atomic mass is 16.1. The van der Waals surface area contributed by atoms with Crippen molar-refractivity contribution < 1.29 is 4.79 Å². The Hall–Kier alpha value is -0.370. The predicted octanol–water partition coefficient (Wildman–Crippen LogP) is 3.75. The van der Waals surface area contributed by atoms with Crippen LogP contribution in [-0.4, -0.2) is 30.3 Å². The van der Waals surface area contributed by atoms with Crippen molar-refractivity contribution in [3.05, 3.63) is 0 Å². The van der Waals surface area contributed by atoms with Gasteiger partial charge in [-0.15, -0.1) is 0 Å². The molecule has 2 heteroatoms. The molecule has 106 valence electrons. The summed E-state index contributed by atoms with van der Waals surface area (Å²) in [5.74, 6) is 2.35.